The van der Waals surface area contributed by atoms with Crippen LogP contribution in [0.3, 0.4) is 0 Å². The van der Waals surface area contributed by atoms with Crippen LogP contribution in [-0.2, 0) is 16.1 Å². The van der Waals surface area contributed by atoms with E-state index in [1.165, 1.54) is 0 Å². The van der Waals surface area contributed by atoms with Crippen molar-refractivity contribution in [3.63, 3.8) is 0 Å². The number of rotatable bonds is 4. The second kappa shape index (κ2) is 7.83. The number of nitrogens with one attached hydrogen (secondary N) is 1. The number of ether oxygens (including phenoxy) is 1. The van der Waals surface area contributed by atoms with Gasteiger partial charge in [-0.2, -0.15) is 0 Å². The molecule has 0 spiro atoms. The van der Waals surface area contributed by atoms with Gasteiger partial charge in [-0.25, -0.2) is 4.79 Å². The van der Waals surface area contributed by atoms with Crippen molar-refractivity contribution in [2.45, 2.75) is 26.4 Å². The minimum absolute atomic E-state index is 0.0619. The second-order valence-electron chi connectivity index (χ2n) is 6.12. The van der Waals surface area contributed by atoms with Crippen molar-refractivity contribution in [2.75, 3.05) is 18.4 Å². The van der Waals surface area contributed by atoms with Gasteiger partial charge >= 0.3 is 12.0 Å². The summed E-state index contributed by atoms with van der Waals surface area (Å²) < 4.78 is 10.3. The van der Waals surface area contributed by atoms with Gasteiger partial charge < -0.3 is 19.5 Å². The van der Waals surface area contributed by atoms with Gasteiger partial charge in [0.15, 0.2) is 12.4 Å². The van der Waals surface area contributed by atoms with Crippen LogP contribution in [0.2, 0.25) is 0 Å². The molecule has 1 N–H and O–H groups in total. The molecule has 7 nitrogen and oxygen atoms in total. The summed E-state index contributed by atoms with van der Waals surface area (Å²) in [6, 6.07) is 10.8. The zero-order chi connectivity index (χ0) is 17.6. The van der Waals surface area contributed by atoms with Crippen molar-refractivity contribution in [1.82, 2.24) is 10.1 Å². The average molecular weight is 343 g/mol. The van der Waals surface area contributed by atoms with E-state index in [1.54, 1.807) is 17.9 Å². The summed E-state index contributed by atoms with van der Waals surface area (Å²) >= 11 is 0. The predicted octanol–water partition coefficient (Wildman–Crippen LogP) is 2.97. The van der Waals surface area contributed by atoms with Crippen molar-refractivity contribution in [3.05, 3.63) is 47.9 Å². The molecule has 1 aromatic carbocycles. The van der Waals surface area contributed by atoms with Crippen molar-refractivity contribution < 1.29 is 18.8 Å². The number of anilines is 1. The Labute approximate surface area is 145 Å². The summed E-state index contributed by atoms with van der Waals surface area (Å²) in [5, 5.41) is 6.60. The van der Waals surface area contributed by atoms with Crippen molar-refractivity contribution in [1.29, 1.82) is 0 Å². The molecular weight excluding hydrogens is 322 g/mol. The van der Waals surface area contributed by atoms with Crippen LogP contribution in [0, 0.1) is 12.8 Å². The molecule has 0 bridgehead atoms. The number of carbonyl (C=O) groups excluding carboxylic acids is 2. The molecule has 0 aliphatic carbocycles. The zero-order valence-electron chi connectivity index (χ0n) is 14.1. The largest absolute Gasteiger partial charge is 0.457 e. The molecule has 132 valence electrons. The highest BCUT2D eigenvalue weighted by atomic mass is 16.5. The standard InChI is InChI=1S/C18H21N3O4/c1-13-10-16(25-20-13)12-24-17(22)14-6-5-9-21(11-14)18(23)19-15-7-3-2-4-8-15/h2-4,7-8,10,14H,5-6,9,11-12H2,1H3,(H,19,23)/t14-/m0/s1. The van der Waals surface area contributed by atoms with E-state index in [9.17, 15) is 9.59 Å². The predicted molar refractivity (Wildman–Crippen MR) is 90.8 cm³/mol. The van der Waals surface area contributed by atoms with E-state index in [0.717, 1.165) is 17.8 Å². The number of hydrogen-bond acceptors (Lipinski definition) is 5. The van der Waals surface area contributed by atoms with Crippen LogP contribution >= 0.6 is 0 Å². The minimum atomic E-state index is -0.320. The fourth-order valence-electron chi connectivity index (χ4n) is 2.82. The Bertz CT molecular complexity index is 729. The van der Waals surface area contributed by atoms with E-state index in [-0.39, 0.29) is 24.5 Å². The number of para-hydroxylation sites is 1. The molecule has 0 saturated carbocycles. The average Bonchev–Trinajstić information content (AvgIpc) is 3.06. The molecule has 2 heterocycles. The lowest BCUT2D eigenvalue weighted by atomic mass is 9.98. The number of carbonyl (C=O) groups is 2. The van der Waals surface area contributed by atoms with Gasteiger partial charge in [-0.3, -0.25) is 4.79 Å². The van der Waals surface area contributed by atoms with Crippen LogP contribution in [0.5, 0.6) is 0 Å². The smallest absolute Gasteiger partial charge is 0.321 e. The molecule has 2 aromatic rings. The summed E-state index contributed by atoms with van der Waals surface area (Å²) in [7, 11) is 0. The van der Waals surface area contributed by atoms with Crippen LogP contribution in [0.25, 0.3) is 0 Å². The van der Waals surface area contributed by atoms with Gasteiger partial charge in [0.1, 0.15) is 0 Å². The van der Waals surface area contributed by atoms with Crippen molar-refractivity contribution in [2.24, 2.45) is 5.92 Å². The van der Waals surface area contributed by atoms with Crippen molar-refractivity contribution >= 4 is 17.7 Å². The lowest BCUT2D eigenvalue weighted by Gasteiger charge is -2.31. The highest BCUT2D eigenvalue weighted by Crippen LogP contribution is 2.20. The van der Waals surface area contributed by atoms with Gasteiger partial charge in [0.05, 0.1) is 11.6 Å². The molecule has 1 aliphatic rings. The number of esters is 1. The number of hydrogen-bond donors (Lipinski definition) is 1. The van der Waals surface area contributed by atoms with Gasteiger partial charge in [-0.05, 0) is 31.9 Å². The molecule has 1 saturated heterocycles. The van der Waals surface area contributed by atoms with E-state index in [0.29, 0.717) is 25.3 Å². The normalized spacial score (nSPS) is 17.2. The van der Waals surface area contributed by atoms with E-state index < -0.39 is 0 Å². The van der Waals surface area contributed by atoms with Gasteiger partial charge in [0.2, 0.25) is 0 Å². The highest BCUT2D eigenvalue weighted by molar-refractivity contribution is 5.89. The van der Waals surface area contributed by atoms with Gasteiger partial charge in [0, 0.05) is 24.8 Å². The number of urea groups is 1. The number of nitrogens with zero attached hydrogens (tertiary/aromatic N) is 2. The molecule has 3 rings (SSSR count). The van der Waals surface area contributed by atoms with E-state index in [4.69, 9.17) is 9.26 Å². The summed E-state index contributed by atoms with van der Waals surface area (Å²) in [5.41, 5.74) is 1.48. The second-order valence-corrected chi connectivity index (χ2v) is 6.12. The molecule has 2 amide bonds. The molecule has 1 aromatic heterocycles. The van der Waals surface area contributed by atoms with E-state index in [1.807, 2.05) is 30.3 Å². The van der Waals surface area contributed by atoms with Crippen LogP contribution in [-0.4, -0.2) is 35.1 Å². The quantitative estimate of drug-likeness (QED) is 0.863. The maximum Gasteiger partial charge on any atom is 0.321 e. The van der Waals surface area contributed by atoms with Crippen LogP contribution < -0.4 is 5.32 Å². The summed E-state index contributed by atoms with van der Waals surface area (Å²) in [6.45, 7) is 2.85. The molecule has 1 atom stereocenters. The molecule has 0 unspecified atom stereocenters. The first-order chi connectivity index (χ1) is 12.1. The number of likely N-dealkylation sites (tertiary alicyclic amines) is 1. The van der Waals surface area contributed by atoms with E-state index in [2.05, 4.69) is 10.5 Å². The number of aromatic nitrogens is 1. The molecule has 1 fully saturated rings. The summed E-state index contributed by atoms with van der Waals surface area (Å²) in [5.74, 6) is -0.120. The zero-order valence-corrected chi connectivity index (χ0v) is 14.1. The first-order valence-electron chi connectivity index (χ1n) is 8.31. The van der Waals surface area contributed by atoms with Crippen molar-refractivity contribution in [3.8, 4) is 0 Å². The highest BCUT2D eigenvalue weighted by Gasteiger charge is 2.29. The molecule has 7 heteroatoms. The molecule has 0 radical (unpaired) electrons. The van der Waals surface area contributed by atoms with Gasteiger partial charge in [-0.15, -0.1) is 0 Å². The summed E-state index contributed by atoms with van der Waals surface area (Å²) in [6.07, 6.45) is 1.48. The number of aryl methyl sites for hydroxylation is 1. The third kappa shape index (κ3) is 4.59. The first kappa shape index (κ1) is 17.0. The van der Waals surface area contributed by atoms with Gasteiger partial charge in [0.25, 0.3) is 0 Å². The maximum atomic E-state index is 12.4. The van der Waals surface area contributed by atoms with Crippen LogP contribution in [0.15, 0.2) is 40.9 Å². The van der Waals surface area contributed by atoms with Crippen LogP contribution in [0.1, 0.15) is 24.3 Å². The molecule has 1 aliphatic heterocycles. The number of piperidine rings is 1. The fourth-order valence-corrected chi connectivity index (χ4v) is 2.82. The third-order valence-electron chi connectivity index (χ3n) is 4.10. The Kier molecular flexibility index (Phi) is 5.33. The third-order valence-corrected chi connectivity index (χ3v) is 4.10. The Morgan fingerprint density at radius 3 is 2.88 bits per heavy atom. The van der Waals surface area contributed by atoms with Gasteiger partial charge in [-0.1, -0.05) is 23.4 Å². The SMILES string of the molecule is Cc1cc(COC(=O)[C@H]2CCCN(C(=O)Nc3ccccc3)C2)on1. The lowest BCUT2D eigenvalue weighted by molar-refractivity contribution is -0.152. The van der Waals surface area contributed by atoms with E-state index >= 15 is 0 Å². The lowest BCUT2D eigenvalue weighted by Crippen LogP contribution is -2.44. The Hall–Kier alpha value is -2.83. The maximum absolute atomic E-state index is 12.4. The summed E-state index contributed by atoms with van der Waals surface area (Å²) in [4.78, 5) is 26.3. The Morgan fingerprint density at radius 2 is 2.16 bits per heavy atom. The number of benzene rings is 1. The molecular formula is C18H21N3O4. The topological polar surface area (TPSA) is 84.7 Å². The minimum Gasteiger partial charge on any atom is -0.457 e. The first-order valence-corrected chi connectivity index (χ1v) is 8.31. The monoisotopic (exact) mass is 343 g/mol. The fraction of sp³-hybridized carbons (Fsp3) is 0.389. The Balaban J connectivity index is 1.51. The van der Waals surface area contributed by atoms with Crippen LogP contribution in [0.4, 0.5) is 10.5 Å². The Morgan fingerprint density at radius 1 is 1.36 bits per heavy atom. The number of amides is 2. The molecule has 25 heavy (non-hydrogen) atoms.